The molecule has 7 nitrogen and oxygen atoms in total. The lowest BCUT2D eigenvalue weighted by atomic mass is 9.53. The maximum Gasteiger partial charge on any atom is 0.263 e. The third-order valence-electron chi connectivity index (χ3n) is 9.67. The molecule has 3 N–H and O–H groups in total. The molecule has 7 heteroatoms. The van der Waals surface area contributed by atoms with Gasteiger partial charge in [-0.1, -0.05) is 12.1 Å². The van der Waals surface area contributed by atoms with Gasteiger partial charge in [-0.2, -0.15) is 9.78 Å². The van der Waals surface area contributed by atoms with E-state index in [1.807, 2.05) is 26.0 Å². The molecule has 4 bridgehead atoms. The van der Waals surface area contributed by atoms with Gasteiger partial charge in [-0.15, -0.1) is 0 Å². The molecule has 0 unspecified atom stereocenters. The van der Waals surface area contributed by atoms with Crippen molar-refractivity contribution in [2.45, 2.75) is 114 Å². The molecule has 37 heavy (non-hydrogen) atoms. The van der Waals surface area contributed by atoms with Gasteiger partial charge in [0.1, 0.15) is 5.75 Å². The largest absolute Gasteiger partial charge is 0.478 e. The molecule has 1 saturated heterocycles. The minimum Gasteiger partial charge on any atom is -0.478 e. The van der Waals surface area contributed by atoms with Gasteiger partial charge < -0.3 is 20.5 Å². The molecule has 0 aromatic heterocycles. The average molecular weight is 513 g/mol. The second-order valence-electron chi connectivity index (χ2n) is 13.8. The first-order chi connectivity index (χ1) is 17.5. The molecule has 1 aliphatic heterocycles. The molecule has 1 heterocycles. The van der Waals surface area contributed by atoms with Gasteiger partial charge in [-0.3, -0.25) is 4.79 Å². The number of amides is 1. The summed E-state index contributed by atoms with van der Waals surface area (Å²) in [5.74, 6) is 2.64. The second-order valence-corrected chi connectivity index (χ2v) is 13.8. The lowest BCUT2D eigenvalue weighted by Gasteiger charge is -2.57. The molecule has 204 valence electrons. The fourth-order valence-corrected chi connectivity index (χ4v) is 7.86. The number of rotatable bonds is 6. The molecule has 1 amide bonds. The molecular formula is C30H44N2O5. The second kappa shape index (κ2) is 8.94. The van der Waals surface area contributed by atoms with Crippen LogP contribution in [0.5, 0.6) is 5.75 Å². The molecule has 7 rings (SSSR count). The van der Waals surface area contributed by atoms with Crippen molar-refractivity contribution in [2.24, 2.45) is 29.4 Å². The highest BCUT2D eigenvalue weighted by Gasteiger charge is 2.66. The Morgan fingerprint density at radius 1 is 0.973 bits per heavy atom. The molecule has 2 spiro atoms. The van der Waals surface area contributed by atoms with E-state index in [-0.39, 0.29) is 5.91 Å². The Morgan fingerprint density at radius 2 is 1.57 bits per heavy atom. The van der Waals surface area contributed by atoms with Gasteiger partial charge in [0, 0.05) is 36.8 Å². The van der Waals surface area contributed by atoms with E-state index in [9.17, 15) is 4.79 Å². The summed E-state index contributed by atoms with van der Waals surface area (Å²) in [4.78, 5) is 24.9. The summed E-state index contributed by atoms with van der Waals surface area (Å²) in [6, 6.07) is 8.19. The fraction of sp³-hybridized carbons (Fsp3) is 0.767. The Kier molecular flexibility index (Phi) is 6.18. The minimum atomic E-state index is -0.991. The van der Waals surface area contributed by atoms with Gasteiger partial charge in [0.15, 0.2) is 5.60 Å². The monoisotopic (exact) mass is 512 g/mol. The van der Waals surface area contributed by atoms with Gasteiger partial charge >= 0.3 is 0 Å². The average Bonchev–Trinajstić information content (AvgIpc) is 3.21. The van der Waals surface area contributed by atoms with Crippen molar-refractivity contribution in [3.05, 3.63) is 29.8 Å². The van der Waals surface area contributed by atoms with Crippen molar-refractivity contribution >= 4 is 5.91 Å². The van der Waals surface area contributed by atoms with Crippen LogP contribution in [-0.4, -0.2) is 35.2 Å². The van der Waals surface area contributed by atoms with Crippen LogP contribution in [-0.2, 0) is 19.3 Å². The summed E-state index contributed by atoms with van der Waals surface area (Å²) < 4.78 is 12.9. The van der Waals surface area contributed by atoms with Crippen molar-refractivity contribution in [1.29, 1.82) is 0 Å². The Hall–Kier alpha value is -1.67. The van der Waals surface area contributed by atoms with Crippen molar-refractivity contribution < 1.29 is 24.0 Å². The standard InChI is InChI=1S/C30H44N2O5/c1-27(2,31)18-32-26(33)28(3,4)34-25-7-5-21(6-8-25)22-9-11-29(12-10-22)35-30(37-36-29)23-14-19-13-20(16-23)17-24(30)15-19/h5-8,19-20,22-24H,9-18,31H2,1-4H3,(H,32,33). The van der Waals surface area contributed by atoms with Gasteiger partial charge in [0.25, 0.3) is 5.91 Å². The summed E-state index contributed by atoms with van der Waals surface area (Å²) >= 11 is 0. The number of benzene rings is 1. The summed E-state index contributed by atoms with van der Waals surface area (Å²) in [5, 5.41) is 2.89. The normalized spacial score (nSPS) is 38.9. The van der Waals surface area contributed by atoms with Crippen LogP contribution in [0.1, 0.15) is 97.0 Å². The number of hydrogen-bond acceptors (Lipinski definition) is 6. The molecule has 1 aromatic carbocycles. The van der Waals surface area contributed by atoms with Crippen LogP contribution in [0.4, 0.5) is 0 Å². The highest BCUT2D eigenvalue weighted by atomic mass is 17.3. The van der Waals surface area contributed by atoms with Crippen molar-refractivity contribution in [1.82, 2.24) is 5.32 Å². The SMILES string of the molecule is CC(C)(N)CNC(=O)C(C)(C)Oc1ccc(C2CCC3(CC2)OOC2(O3)C3CC4CC(C3)CC2C4)cc1. The number of carbonyl (C=O) groups is 1. The van der Waals surface area contributed by atoms with E-state index in [1.165, 1.54) is 37.7 Å². The molecule has 0 radical (unpaired) electrons. The zero-order valence-corrected chi connectivity index (χ0v) is 22.9. The Balaban J connectivity index is 1.04. The fourth-order valence-electron chi connectivity index (χ4n) is 7.86. The van der Waals surface area contributed by atoms with Crippen LogP contribution < -0.4 is 15.8 Å². The van der Waals surface area contributed by atoms with Crippen molar-refractivity contribution in [3.8, 4) is 5.75 Å². The third-order valence-corrected chi connectivity index (χ3v) is 9.67. The smallest absolute Gasteiger partial charge is 0.263 e. The van der Waals surface area contributed by atoms with E-state index >= 15 is 0 Å². The molecule has 1 aromatic rings. The zero-order valence-electron chi connectivity index (χ0n) is 22.9. The zero-order chi connectivity index (χ0) is 26.1. The van der Waals surface area contributed by atoms with Crippen LogP contribution in [0.2, 0.25) is 0 Å². The Bertz CT molecular complexity index is 978. The predicted molar refractivity (Wildman–Crippen MR) is 139 cm³/mol. The van der Waals surface area contributed by atoms with Crippen molar-refractivity contribution in [3.63, 3.8) is 0 Å². The van der Waals surface area contributed by atoms with Gasteiger partial charge in [-0.05, 0) is 108 Å². The molecule has 6 fully saturated rings. The summed E-state index contributed by atoms with van der Waals surface area (Å²) in [6.45, 7) is 7.71. The highest BCUT2D eigenvalue weighted by molar-refractivity contribution is 5.84. The minimum absolute atomic E-state index is 0.177. The first-order valence-electron chi connectivity index (χ1n) is 14.4. The third kappa shape index (κ3) is 4.81. The maximum atomic E-state index is 12.6. The van der Waals surface area contributed by atoms with E-state index in [4.69, 9.17) is 25.0 Å². The Labute approximate surface area is 221 Å². The summed E-state index contributed by atoms with van der Waals surface area (Å²) in [5.41, 5.74) is 5.82. The molecule has 0 atom stereocenters. The lowest BCUT2D eigenvalue weighted by Crippen LogP contribution is -2.59. The quantitative estimate of drug-likeness (QED) is 0.510. The summed E-state index contributed by atoms with van der Waals surface area (Å²) in [6.07, 6.45) is 10.1. The molecule has 6 aliphatic rings. The first kappa shape index (κ1) is 25.6. The van der Waals surface area contributed by atoms with Crippen LogP contribution in [0.15, 0.2) is 24.3 Å². The van der Waals surface area contributed by atoms with Crippen molar-refractivity contribution in [2.75, 3.05) is 6.54 Å². The number of hydrogen-bond donors (Lipinski definition) is 2. The maximum absolute atomic E-state index is 12.6. The van der Waals surface area contributed by atoms with E-state index in [1.54, 1.807) is 13.8 Å². The van der Waals surface area contributed by atoms with Crippen LogP contribution in [0.3, 0.4) is 0 Å². The van der Waals surface area contributed by atoms with Crippen LogP contribution >= 0.6 is 0 Å². The van der Waals surface area contributed by atoms with Gasteiger partial charge in [0.2, 0.25) is 11.6 Å². The topological polar surface area (TPSA) is 92.0 Å². The lowest BCUT2D eigenvalue weighted by molar-refractivity contribution is -0.390. The molecular weight excluding hydrogens is 468 g/mol. The Morgan fingerprint density at radius 3 is 2.14 bits per heavy atom. The number of carbonyl (C=O) groups excluding carboxylic acids is 1. The first-order valence-corrected chi connectivity index (χ1v) is 14.4. The summed E-state index contributed by atoms with van der Waals surface area (Å²) in [7, 11) is 0. The number of ether oxygens (including phenoxy) is 2. The van der Waals surface area contributed by atoms with E-state index in [2.05, 4.69) is 17.4 Å². The van der Waals surface area contributed by atoms with E-state index in [0.717, 1.165) is 37.5 Å². The van der Waals surface area contributed by atoms with Gasteiger partial charge in [0.05, 0.1) is 0 Å². The predicted octanol–water partition coefficient (Wildman–Crippen LogP) is 5.18. The number of nitrogens with two attached hydrogens (primary N) is 1. The number of nitrogens with one attached hydrogen (secondary N) is 1. The van der Waals surface area contributed by atoms with E-state index < -0.39 is 22.7 Å². The molecule has 5 aliphatic carbocycles. The molecule has 5 saturated carbocycles. The van der Waals surface area contributed by atoms with Gasteiger partial charge in [-0.25, -0.2) is 0 Å². The highest BCUT2D eigenvalue weighted by Crippen LogP contribution is 2.64. The van der Waals surface area contributed by atoms with Crippen LogP contribution in [0, 0.1) is 23.7 Å². The van der Waals surface area contributed by atoms with E-state index in [0.29, 0.717) is 30.0 Å². The van der Waals surface area contributed by atoms with Crippen LogP contribution in [0.25, 0.3) is 0 Å².